The van der Waals surface area contributed by atoms with Gasteiger partial charge in [0, 0.05) is 11.4 Å². The van der Waals surface area contributed by atoms with Gasteiger partial charge in [0.05, 0.1) is 6.61 Å². The number of nitrogens with one attached hydrogen (secondary N) is 3. The Labute approximate surface area is 181 Å². The smallest absolute Gasteiger partial charge is 0.350 e. The SMILES string of the molecule is CCOC(=O)[C@@H](NC(=O)/C(=N\OC(C)(C)C(=O)O)c1csc(N)[nH+]1)[C@H](C)NS(=O)(=O)[O-]. The largest absolute Gasteiger partial charge is 0.735 e. The monoisotopic (exact) mass is 481 g/mol. The van der Waals surface area contributed by atoms with Gasteiger partial charge in [-0.2, -0.15) is 0 Å². The maximum atomic E-state index is 12.8. The summed E-state index contributed by atoms with van der Waals surface area (Å²) in [6, 6.07) is -3.01. The number of H-pyrrole nitrogens is 1. The molecule has 0 aromatic carbocycles. The fourth-order valence-electron chi connectivity index (χ4n) is 1.97. The van der Waals surface area contributed by atoms with Crippen molar-refractivity contribution in [3.63, 3.8) is 0 Å². The highest BCUT2D eigenvalue weighted by molar-refractivity contribution is 7.83. The summed E-state index contributed by atoms with van der Waals surface area (Å²) in [6.07, 6.45) is 0. The summed E-state index contributed by atoms with van der Waals surface area (Å²) >= 11 is 1.00. The number of thiazole rings is 1. The van der Waals surface area contributed by atoms with Crippen molar-refractivity contribution >= 4 is 50.3 Å². The molecule has 0 aliphatic heterocycles. The van der Waals surface area contributed by atoms with Crippen molar-refractivity contribution in [3.05, 3.63) is 11.1 Å². The first-order chi connectivity index (χ1) is 14.2. The second-order valence-corrected chi connectivity index (χ2v) is 8.60. The molecule has 0 aliphatic carbocycles. The van der Waals surface area contributed by atoms with Crippen LogP contribution in [0.15, 0.2) is 10.5 Å². The van der Waals surface area contributed by atoms with Crippen molar-refractivity contribution in [2.24, 2.45) is 5.16 Å². The lowest BCUT2D eigenvalue weighted by molar-refractivity contribution is -0.356. The second kappa shape index (κ2) is 10.5. The minimum Gasteiger partial charge on any atom is -0.735 e. The number of carboxylic acid groups (broad SMARTS) is 1. The summed E-state index contributed by atoms with van der Waals surface area (Å²) in [5.74, 6) is -3.46. The van der Waals surface area contributed by atoms with E-state index >= 15 is 0 Å². The van der Waals surface area contributed by atoms with Gasteiger partial charge < -0.3 is 24.6 Å². The van der Waals surface area contributed by atoms with Crippen molar-refractivity contribution < 1.29 is 47.0 Å². The molecule has 1 aromatic heterocycles. The van der Waals surface area contributed by atoms with E-state index in [2.05, 4.69) is 15.5 Å². The van der Waals surface area contributed by atoms with Gasteiger partial charge in [0.2, 0.25) is 11.3 Å². The molecular formula is C15H23N5O9S2. The van der Waals surface area contributed by atoms with Crippen molar-refractivity contribution in [1.29, 1.82) is 0 Å². The normalized spacial score (nSPS) is 14.4. The van der Waals surface area contributed by atoms with Gasteiger partial charge in [-0.05, 0) is 27.7 Å². The molecule has 14 nitrogen and oxygen atoms in total. The fraction of sp³-hybridized carbons (Fsp3) is 0.533. The number of aliphatic carboxylic acids is 1. The number of hydrogen-bond acceptors (Lipinski definition) is 11. The first-order valence-electron chi connectivity index (χ1n) is 8.64. The van der Waals surface area contributed by atoms with Crippen molar-refractivity contribution in [2.75, 3.05) is 12.3 Å². The summed E-state index contributed by atoms with van der Waals surface area (Å²) in [7, 11) is -4.96. The molecule has 0 saturated heterocycles. The Bertz CT molecular complexity index is 958. The molecule has 16 heteroatoms. The first-order valence-corrected chi connectivity index (χ1v) is 10.9. The van der Waals surface area contributed by atoms with E-state index in [-0.39, 0.29) is 17.4 Å². The summed E-state index contributed by atoms with van der Waals surface area (Å²) < 4.78 is 39.5. The van der Waals surface area contributed by atoms with E-state index in [1.807, 2.05) is 0 Å². The number of esters is 1. The van der Waals surface area contributed by atoms with Crippen LogP contribution in [0.3, 0.4) is 0 Å². The molecule has 0 fully saturated rings. The standard InChI is InChI=1S/C15H23N5O9S2/c1-5-28-12(22)9(7(2)20-31(25,26)27)18-11(21)10(8-6-30-14(16)17-8)19-29-15(3,4)13(23)24/h6-7,9,20H,5H2,1-4H3,(H2,16,17)(H,18,21)(H,23,24)(H,25,26,27)/b19-10-/t7-,9-/m0/s1. The zero-order valence-electron chi connectivity index (χ0n) is 17.0. The molecule has 0 bridgehead atoms. The van der Waals surface area contributed by atoms with E-state index in [1.54, 1.807) is 4.72 Å². The van der Waals surface area contributed by atoms with Crippen LogP contribution in [0.5, 0.6) is 0 Å². The zero-order valence-corrected chi connectivity index (χ0v) is 18.6. The lowest BCUT2D eigenvalue weighted by Gasteiger charge is -2.25. The highest BCUT2D eigenvalue weighted by Crippen LogP contribution is 2.13. The average Bonchev–Trinajstić information content (AvgIpc) is 3.04. The molecule has 0 spiro atoms. The Kier molecular flexibility index (Phi) is 8.85. The third kappa shape index (κ3) is 8.08. The van der Waals surface area contributed by atoms with Crippen LogP contribution in [-0.4, -0.2) is 65.9 Å². The Hall–Kier alpha value is -2.82. The van der Waals surface area contributed by atoms with Gasteiger partial charge in [-0.15, -0.1) is 0 Å². The van der Waals surface area contributed by atoms with Crippen LogP contribution < -0.4 is 20.8 Å². The lowest BCUT2D eigenvalue weighted by atomic mass is 10.1. The number of carboxylic acids is 1. The van der Waals surface area contributed by atoms with Crippen molar-refractivity contribution in [3.8, 4) is 0 Å². The Balaban J connectivity index is 3.28. The van der Waals surface area contributed by atoms with Crippen LogP contribution in [0.25, 0.3) is 0 Å². The maximum Gasteiger partial charge on any atom is 0.350 e. The zero-order chi connectivity index (χ0) is 24.0. The van der Waals surface area contributed by atoms with E-state index in [4.69, 9.17) is 20.4 Å². The minimum atomic E-state index is -4.96. The number of nitrogens with zero attached hydrogens (tertiary/aromatic N) is 1. The van der Waals surface area contributed by atoms with Gasteiger partial charge in [0.25, 0.3) is 5.91 Å². The van der Waals surface area contributed by atoms with Gasteiger partial charge in [-0.3, -0.25) is 10.5 Å². The van der Waals surface area contributed by atoms with Crippen LogP contribution in [0, 0.1) is 0 Å². The molecule has 1 heterocycles. The fourth-order valence-corrected chi connectivity index (χ4v) is 3.14. The number of nitrogens with two attached hydrogens (primary N) is 1. The summed E-state index contributed by atoms with van der Waals surface area (Å²) in [5, 5.41) is 16.5. The quantitative estimate of drug-likeness (QED) is 0.120. The summed E-state index contributed by atoms with van der Waals surface area (Å²) in [5.41, 5.74) is 3.34. The number of carbonyl (C=O) groups excluding carboxylic acids is 2. The molecule has 31 heavy (non-hydrogen) atoms. The molecule has 174 valence electrons. The number of aromatic amines is 1. The van der Waals surface area contributed by atoms with Gasteiger partial charge >= 0.3 is 17.1 Å². The number of carbonyl (C=O) groups is 3. The van der Waals surface area contributed by atoms with Crippen molar-refractivity contribution in [2.45, 2.75) is 45.4 Å². The number of ether oxygens (including phenoxy) is 1. The van der Waals surface area contributed by atoms with Crippen LogP contribution in [0.4, 0.5) is 5.13 Å². The molecule has 0 saturated carbocycles. The van der Waals surface area contributed by atoms with E-state index in [9.17, 15) is 27.4 Å². The number of anilines is 1. The third-order valence-electron chi connectivity index (χ3n) is 3.57. The van der Waals surface area contributed by atoms with Gasteiger partial charge in [0.1, 0.15) is 6.04 Å². The Morgan fingerprint density at radius 1 is 1.42 bits per heavy atom. The molecule has 2 atom stereocenters. The molecule has 1 amide bonds. The molecule has 1 rings (SSSR count). The number of nitrogen functional groups attached to an aromatic ring is 1. The van der Waals surface area contributed by atoms with E-state index in [0.717, 1.165) is 18.3 Å². The number of amides is 1. The predicted octanol–water partition coefficient (Wildman–Crippen LogP) is -1.79. The van der Waals surface area contributed by atoms with E-state index < -0.39 is 51.5 Å². The summed E-state index contributed by atoms with van der Waals surface area (Å²) in [4.78, 5) is 43.9. The molecule has 0 radical (unpaired) electrons. The topological polar surface area (TPSA) is 224 Å². The molecule has 0 aliphatic rings. The van der Waals surface area contributed by atoms with E-state index in [0.29, 0.717) is 0 Å². The molecule has 1 aromatic rings. The van der Waals surface area contributed by atoms with Crippen LogP contribution in [0.1, 0.15) is 33.4 Å². The highest BCUT2D eigenvalue weighted by Gasteiger charge is 2.34. The number of hydrogen-bond donors (Lipinski definition) is 4. The number of rotatable bonds is 11. The average molecular weight is 482 g/mol. The van der Waals surface area contributed by atoms with E-state index in [1.165, 1.54) is 26.2 Å². The number of aromatic nitrogens is 1. The first kappa shape index (κ1) is 26.2. The second-order valence-electron chi connectivity index (χ2n) is 6.55. The van der Waals surface area contributed by atoms with Crippen molar-refractivity contribution in [1.82, 2.24) is 10.0 Å². The Morgan fingerprint density at radius 3 is 2.48 bits per heavy atom. The lowest BCUT2D eigenvalue weighted by Crippen LogP contribution is -2.56. The maximum absolute atomic E-state index is 12.8. The molecule has 0 unspecified atom stereocenters. The van der Waals surface area contributed by atoms with Crippen LogP contribution in [-0.2, 0) is 34.3 Å². The van der Waals surface area contributed by atoms with Gasteiger partial charge in [-0.25, -0.2) is 27.7 Å². The predicted molar refractivity (Wildman–Crippen MR) is 105 cm³/mol. The third-order valence-corrected chi connectivity index (χ3v) is 4.94. The molecule has 6 N–H and O–H groups in total. The highest BCUT2D eigenvalue weighted by atomic mass is 32.2. The summed E-state index contributed by atoms with van der Waals surface area (Å²) in [6.45, 7) is 4.93. The Morgan fingerprint density at radius 2 is 2.03 bits per heavy atom. The van der Waals surface area contributed by atoms with Crippen LogP contribution >= 0.6 is 11.3 Å². The number of oxime groups is 1. The van der Waals surface area contributed by atoms with Crippen LogP contribution in [0.2, 0.25) is 0 Å². The van der Waals surface area contributed by atoms with Gasteiger partial charge in [0.15, 0.2) is 16.0 Å². The van der Waals surface area contributed by atoms with Gasteiger partial charge in [-0.1, -0.05) is 16.5 Å². The molecular weight excluding hydrogens is 458 g/mol. The minimum absolute atomic E-state index is 0.0286.